The molecule has 1 heterocycles. The summed E-state index contributed by atoms with van der Waals surface area (Å²) in [7, 11) is 1.57. The van der Waals surface area contributed by atoms with E-state index in [-0.39, 0.29) is 12.5 Å². The molecule has 7 heteroatoms. The average Bonchev–Trinajstić information content (AvgIpc) is 3.20. The summed E-state index contributed by atoms with van der Waals surface area (Å²) in [6, 6.07) is 16.6. The van der Waals surface area contributed by atoms with E-state index in [1.807, 2.05) is 54.6 Å². The molecule has 148 valence electrons. The number of para-hydroxylation sites is 2. The summed E-state index contributed by atoms with van der Waals surface area (Å²) < 4.78 is 10.5. The molecule has 0 saturated carbocycles. The fourth-order valence-electron chi connectivity index (χ4n) is 2.63. The summed E-state index contributed by atoms with van der Waals surface area (Å²) >= 11 is 1.32. The number of hydrogen-bond acceptors (Lipinski definition) is 6. The molecule has 1 amide bonds. The molecular formula is C22H20N2O4S. The van der Waals surface area contributed by atoms with Gasteiger partial charge in [0.15, 0.2) is 5.13 Å². The van der Waals surface area contributed by atoms with Gasteiger partial charge in [0.1, 0.15) is 12.4 Å². The van der Waals surface area contributed by atoms with E-state index >= 15 is 0 Å². The zero-order chi connectivity index (χ0) is 20.6. The normalized spacial score (nSPS) is 10.7. The highest BCUT2D eigenvalue weighted by Gasteiger charge is 2.17. The fraction of sp³-hybridized carbons (Fsp3) is 0.136. The molecule has 29 heavy (non-hydrogen) atoms. The Balaban J connectivity index is 1.65. The highest BCUT2D eigenvalue weighted by atomic mass is 32.1. The topological polar surface area (TPSA) is 68.7 Å². The van der Waals surface area contributed by atoms with Gasteiger partial charge in [0.2, 0.25) is 5.91 Å². The van der Waals surface area contributed by atoms with Crippen LogP contribution in [-0.4, -0.2) is 24.0 Å². The SMILES string of the molecule is COc1ccccc1COC(=O)/C=C/c1csc(N(C(C)=O)c2ccccc2)n1. The van der Waals surface area contributed by atoms with Crippen molar-refractivity contribution in [2.45, 2.75) is 13.5 Å². The molecule has 0 spiro atoms. The molecule has 0 radical (unpaired) electrons. The molecule has 0 fully saturated rings. The molecule has 0 aliphatic heterocycles. The molecule has 1 aromatic heterocycles. The first kappa shape index (κ1) is 20.3. The van der Waals surface area contributed by atoms with Crippen molar-refractivity contribution in [2.24, 2.45) is 0 Å². The number of esters is 1. The summed E-state index contributed by atoms with van der Waals surface area (Å²) in [6.07, 6.45) is 2.88. The lowest BCUT2D eigenvalue weighted by Crippen LogP contribution is -2.22. The van der Waals surface area contributed by atoms with Crippen LogP contribution in [0, 0.1) is 0 Å². The van der Waals surface area contributed by atoms with E-state index in [1.165, 1.54) is 29.2 Å². The number of methoxy groups -OCH3 is 1. The Kier molecular flexibility index (Phi) is 6.76. The first-order valence-corrected chi connectivity index (χ1v) is 9.74. The van der Waals surface area contributed by atoms with Crippen molar-refractivity contribution in [1.29, 1.82) is 0 Å². The predicted octanol–water partition coefficient (Wildman–Crippen LogP) is 4.59. The maximum absolute atomic E-state index is 12.1. The minimum atomic E-state index is -0.489. The predicted molar refractivity (Wildman–Crippen MR) is 113 cm³/mol. The van der Waals surface area contributed by atoms with Crippen LogP contribution >= 0.6 is 11.3 Å². The van der Waals surface area contributed by atoms with Crippen LogP contribution < -0.4 is 9.64 Å². The second-order valence-corrected chi connectivity index (χ2v) is 6.83. The maximum atomic E-state index is 12.1. The zero-order valence-corrected chi connectivity index (χ0v) is 16.9. The van der Waals surface area contributed by atoms with Crippen molar-refractivity contribution in [3.05, 3.63) is 77.3 Å². The Labute approximate surface area is 173 Å². The second-order valence-electron chi connectivity index (χ2n) is 6.00. The van der Waals surface area contributed by atoms with Crippen molar-refractivity contribution in [1.82, 2.24) is 4.98 Å². The summed E-state index contributed by atoms with van der Waals surface area (Å²) in [5.41, 5.74) is 2.09. The molecule has 0 unspecified atom stereocenters. The third-order valence-corrected chi connectivity index (χ3v) is 4.83. The number of benzene rings is 2. The maximum Gasteiger partial charge on any atom is 0.331 e. The minimum Gasteiger partial charge on any atom is -0.496 e. The molecule has 2 aromatic carbocycles. The average molecular weight is 408 g/mol. The Morgan fingerprint density at radius 1 is 1.10 bits per heavy atom. The van der Waals surface area contributed by atoms with Crippen molar-refractivity contribution in [3.8, 4) is 5.75 Å². The lowest BCUT2D eigenvalue weighted by molar-refractivity contribution is -0.138. The van der Waals surface area contributed by atoms with Crippen LogP contribution in [0.2, 0.25) is 0 Å². The summed E-state index contributed by atoms with van der Waals surface area (Å²) in [6.45, 7) is 1.60. The summed E-state index contributed by atoms with van der Waals surface area (Å²) in [5, 5.41) is 2.31. The number of hydrogen-bond donors (Lipinski definition) is 0. The van der Waals surface area contributed by atoms with Gasteiger partial charge in [-0.1, -0.05) is 36.4 Å². The third-order valence-electron chi connectivity index (χ3n) is 3.98. The van der Waals surface area contributed by atoms with Gasteiger partial charge < -0.3 is 9.47 Å². The van der Waals surface area contributed by atoms with E-state index in [4.69, 9.17) is 9.47 Å². The van der Waals surface area contributed by atoms with E-state index in [0.717, 1.165) is 11.3 Å². The Bertz CT molecular complexity index is 1010. The van der Waals surface area contributed by atoms with Gasteiger partial charge >= 0.3 is 5.97 Å². The van der Waals surface area contributed by atoms with Crippen LogP contribution in [0.25, 0.3) is 6.08 Å². The van der Waals surface area contributed by atoms with E-state index in [2.05, 4.69) is 4.98 Å². The summed E-state index contributed by atoms with van der Waals surface area (Å²) in [4.78, 5) is 30.1. The van der Waals surface area contributed by atoms with Crippen molar-refractivity contribution in [3.63, 3.8) is 0 Å². The monoisotopic (exact) mass is 408 g/mol. The van der Waals surface area contributed by atoms with Gasteiger partial charge in [-0.15, -0.1) is 11.3 Å². The van der Waals surface area contributed by atoms with E-state index in [9.17, 15) is 9.59 Å². The second kappa shape index (κ2) is 9.66. The number of aromatic nitrogens is 1. The number of anilines is 2. The van der Waals surface area contributed by atoms with Gasteiger partial charge in [-0.3, -0.25) is 9.69 Å². The van der Waals surface area contributed by atoms with E-state index in [0.29, 0.717) is 16.6 Å². The number of rotatable bonds is 7. The first-order chi connectivity index (χ1) is 14.1. The van der Waals surface area contributed by atoms with Crippen LogP contribution in [0.4, 0.5) is 10.8 Å². The standard InChI is InChI=1S/C22H20N2O4S/c1-16(25)24(19-9-4-3-5-10-19)22-23-18(15-29-22)12-13-21(26)28-14-17-8-6-7-11-20(17)27-2/h3-13,15H,14H2,1-2H3/b13-12+. The Hall–Kier alpha value is -3.45. The number of ether oxygens (including phenoxy) is 2. The van der Waals surface area contributed by atoms with Crippen LogP contribution in [0.5, 0.6) is 5.75 Å². The minimum absolute atomic E-state index is 0.113. The quantitative estimate of drug-likeness (QED) is 0.422. The molecule has 0 saturated heterocycles. The van der Waals surface area contributed by atoms with Gasteiger partial charge in [-0.05, 0) is 24.3 Å². The summed E-state index contributed by atoms with van der Waals surface area (Å²) in [5.74, 6) is 0.0351. The lowest BCUT2D eigenvalue weighted by Gasteiger charge is -2.17. The molecule has 0 atom stereocenters. The molecule has 0 bridgehead atoms. The zero-order valence-electron chi connectivity index (χ0n) is 16.1. The van der Waals surface area contributed by atoms with Crippen molar-refractivity contribution >= 4 is 40.1 Å². The Morgan fingerprint density at radius 2 is 1.83 bits per heavy atom. The fourth-order valence-corrected chi connectivity index (χ4v) is 3.49. The largest absolute Gasteiger partial charge is 0.496 e. The highest BCUT2D eigenvalue weighted by molar-refractivity contribution is 7.14. The van der Waals surface area contributed by atoms with E-state index < -0.39 is 5.97 Å². The third kappa shape index (κ3) is 5.30. The van der Waals surface area contributed by atoms with Crippen LogP contribution in [0.15, 0.2) is 66.1 Å². The highest BCUT2D eigenvalue weighted by Crippen LogP contribution is 2.29. The van der Waals surface area contributed by atoms with E-state index in [1.54, 1.807) is 18.6 Å². The Morgan fingerprint density at radius 3 is 2.55 bits per heavy atom. The number of carbonyl (C=O) groups excluding carboxylic acids is 2. The van der Waals surface area contributed by atoms with Gasteiger partial charge in [0, 0.05) is 23.9 Å². The van der Waals surface area contributed by atoms with Crippen molar-refractivity contribution < 1.29 is 19.1 Å². The smallest absolute Gasteiger partial charge is 0.331 e. The molecular weight excluding hydrogens is 388 g/mol. The number of amides is 1. The molecule has 0 aliphatic carbocycles. The molecule has 0 N–H and O–H groups in total. The molecule has 6 nitrogen and oxygen atoms in total. The van der Waals surface area contributed by atoms with Gasteiger partial charge in [-0.2, -0.15) is 0 Å². The van der Waals surface area contributed by atoms with Crippen molar-refractivity contribution in [2.75, 3.05) is 12.0 Å². The molecule has 0 aliphatic rings. The van der Waals surface area contributed by atoms with Gasteiger partial charge in [0.05, 0.1) is 18.5 Å². The first-order valence-electron chi connectivity index (χ1n) is 8.86. The van der Waals surface area contributed by atoms with Crippen LogP contribution in [-0.2, 0) is 20.9 Å². The number of nitrogens with zero attached hydrogens (tertiary/aromatic N) is 2. The molecule has 3 rings (SSSR count). The molecule has 3 aromatic rings. The van der Waals surface area contributed by atoms with Gasteiger partial charge in [-0.25, -0.2) is 9.78 Å². The van der Waals surface area contributed by atoms with Gasteiger partial charge in [0.25, 0.3) is 0 Å². The van der Waals surface area contributed by atoms with Crippen LogP contribution in [0.1, 0.15) is 18.2 Å². The number of carbonyl (C=O) groups is 2. The lowest BCUT2D eigenvalue weighted by atomic mass is 10.2. The number of thiazole rings is 1. The van der Waals surface area contributed by atoms with Crippen LogP contribution in [0.3, 0.4) is 0 Å².